The normalized spacial score (nSPS) is 12.1. The lowest BCUT2D eigenvalue weighted by Gasteiger charge is -2.20. The zero-order chi connectivity index (χ0) is 25.8. The number of benzene rings is 2. The highest BCUT2D eigenvalue weighted by atomic mass is 32.2. The van der Waals surface area contributed by atoms with E-state index in [-0.39, 0.29) is 17.5 Å². The number of aryl methyl sites for hydroxylation is 2. The third-order valence-corrected chi connectivity index (χ3v) is 6.29. The molecule has 0 radical (unpaired) electrons. The Bertz CT molecular complexity index is 1290. The van der Waals surface area contributed by atoms with E-state index in [9.17, 15) is 22.7 Å². The second kappa shape index (κ2) is 10.7. The number of halogens is 1. The molecular weight excluding hydrogens is 469 g/mol. The molecule has 1 aromatic heterocycles. The van der Waals surface area contributed by atoms with Crippen LogP contribution >= 0.6 is 0 Å². The summed E-state index contributed by atoms with van der Waals surface area (Å²) >= 11 is 0. The van der Waals surface area contributed by atoms with Crippen LogP contribution in [0.3, 0.4) is 0 Å². The first-order chi connectivity index (χ1) is 16.3. The number of hydrogen-bond donors (Lipinski definition) is 2. The molecule has 2 N–H and O–H groups in total. The minimum atomic E-state index is -3.28. The molecule has 9 heteroatoms. The van der Waals surface area contributed by atoms with Crippen LogP contribution in [0.25, 0.3) is 11.1 Å². The van der Waals surface area contributed by atoms with E-state index in [2.05, 4.69) is 35.0 Å². The van der Waals surface area contributed by atoms with Gasteiger partial charge in [-0.2, -0.15) is 0 Å². The van der Waals surface area contributed by atoms with Gasteiger partial charge in [-0.3, -0.25) is 0 Å². The lowest BCUT2D eigenvalue weighted by molar-refractivity contribution is 0.0692. The molecule has 0 aliphatic carbocycles. The third-order valence-electron chi connectivity index (χ3n) is 5.56. The quantitative estimate of drug-likeness (QED) is 0.431. The molecule has 0 aliphatic heterocycles. The number of aromatic carboxylic acids is 1. The van der Waals surface area contributed by atoms with Crippen LogP contribution < -0.4 is 4.72 Å². The minimum absolute atomic E-state index is 0.0564. The SMILES string of the molecule is CC(C)(C)Cc1cnc(CCc2ccc(-c3cccc(F)c3C(=O)O)cc2)n1CCNS(C)(=O)=O. The largest absolute Gasteiger partial charge is 0.478 e. The van der Waals surface area contributed by atoms with E-state index < -0.39 is 21.8 Å². The molecule has 0 unspecified atom stereocenters. The van der Waals surface area contributed by atoms with Gasteiger partial charge >= 0.3 is 5.97 Å². The molecule has 0 aliphatic rings. The Balaban J connectivity index is 1.77. The molecule has 0 amide bonds. The van der Waals surface area contributed by atoms with Gasteiger partial charge in [0.25, 0.3) is 0 Å². The molecule has 0 bridgehead atoms. The van der Waals surface area contributed by atoms with Crippen LogP contribution in [0, 0.1) is 11.2 Å². The van der Waals surface area contributed by atoms with Gasteiger partial charge in [0.1, 0.15) is 17.2 Å². The van der Waals surface area contributed by atoms with Gasteiger partial charge in [0.05, 0.1) is 6.26 Å². The van der Waals surface area contributed by atoms with Crippen molar-refractivity contribution in [1.82, 2.24) is 14.3 Å². The Morgan fingerprint density at radius 2 is 1.80 bits per heavy atom. The summed E-state index contributed by atoms with van der Waals surface area (Å²) in [7, 11) is -3.28. The van der Waals surface area contributed by atoms with Crippen molar-refractivity contribution in [3.63, 3.8) is 0 Å². The second-order valence-electron chi connectivity index (χ2n) is 9.89. The number of carboxylic acids is 1. The molecule has 0 saturated heterocycles. The fourth-order valence-electron chi connectivity index (χ4n) is 4.04. The summed E-state index contributed by atoms with van der Waals surface area (Å²) in [6.07, 6.45) is 5.17. The Kier molecular flexibility index (Phi) is 8.12. The smallest absolute Gasteiger partial charge is 0.339 e. The molecule has 0 atom stereocenters. The molecule has 1 heterocycles. The highest BCUT2D eigenvalue weighted by Crippen LogP contribution is 2.27. The molecule has 7 nitrogen and oxygen atoms in total. The number of sulfonamides is 1. The fourth-order valence-corrected chi connectivity index (χ4v) is 4.50. The maximum atomic E-state index is 14.0. The highest BCUT2D eigenvalue weighted by Gasteiger charge is 2.19. The second-order valence-corrected chi connectivity index (χ2v) is 11.7. The molecule has 3 rings (SSSR count). The van der Waals surface area contributed by atoms with E-state index >= 15 is 0 Å². The lowest BCUT2D eigenvalue weighted by atomic mass is 9.91. The van der Waals surface area contributed by atoms with Gasteiger partial charge in [0, 0.05) is 31.4 Å². The number of nitrogens with one attached hydrogen (secondary N) is 1. The minimum Gasteiger partial charge on any atom is -0.478 e. The van der Waals surface area contributed by atoms with Crippen LogP contribution in [0.1, 0.15) is 48.2 Å². The van der Waals surface area contributed by atoms with E-state index in [0.29, 0.717) is 30.5 Å². The van der Waals surface area contributed by atoms with Crippen molar-refractivity contribution in [2.24, 2.45) is 5.41 Å². The van der Waals surface area contributed by atoms with Gasteiger partial charge in [-0.05, 0) is 41.0 Å². The van der Waals surface area contributed by atoms with Crippen LogP contribution in [-0.2, 0) is 35.8 Å². The summed E-state index contributed by atoms with van der Waals surface area (Å²) in [5.74, 6) is -1.19. The maximum absolute atomic E-state index is 14.0. The van der Waals surface area contributed by atoms with Gasteiger partial charge in [0.2, 0.25) is 10.0 Å². The van der Waals surface area contributed by atoms with Crippen LogP contribution in [0.5, 0.6) is 0 Å². The van der Waals surface area contributed by atoms with Crippen molar-refractivity contribution in [3.05, 3.63) is 77.1 Å². The first-order valence-corrected chi connectivity index (χ1v) is 13.3. The van der Waals surface area contributed by atoms with E-state index in [1.165, 1.54) is 6.07 Å². The first-order valence-electron chi connectivity index (χ1n) is 11.4. The molecule has 3 aromatic rings. The number of aromatic nitrogens is 2. The summed E-state index contributed by atoms with van der Waals surface area (Å²) in [4.78, 5) is 16.1. The Labute approximate surface area is 206 Å². The van der Waals surface area contributed by atoms with Gasteiger partial charge in [-0.1, -0.05) is 57.2 Å². The zero-order valence-corrected chi connectivity index (χ0v) is 21.3. The molecule has 188 valence electrons. The topological polar surface area (TPSA) is 101 Å². The van der Waals surface area contributed by atoms with E-state index in [1.807, 2.05) is 18.3 Å². The van der Waals surface area contributed by atoms with Gasteiger partial charge < -0.3 is 9.67 Å². The molecular formula is C26H32FN3O4S. The molecule has 0 spiro atoms. The highest BCUT2D eigenvalue weighted by molar-refractivity contribution is 7.88. The van der Waals surface area contributed by atoms with Crippen LogP contribution in [0.4, 0.5) is 4.39 Å². The van der Waals surface area contributed by atoms with Crippen molar-refractivity contribution < 1.29 is 22.7 Å². The molecule has 2 aromatic carbocycles. The Morgan fingerprint density at radius 1 is 1.11 bits per heavy atom. The zero-order valence-electron chi connectivity index (χ0n) is 20.5. The average molecular weight is 502 g/mol. The number of nitrogens with zero attached hydrogens (tertiary/aromatic N) is 2. The van der Waals surface area contributed by atoms with Crippen molar-refractivity contribution >= 4 is 16.0 Å². The monoisotopic (exact) mass is 501 g/mol. The van der Waals surface area contributed by atoms with E-state index in [4.69, 9.17) is 0 Å². The number of carboxylic acid groups (broad SMARTS) is 1. The van der Waals surface area contributed by atoms with E-state index in [0.717, 1.165) is 35.8 Å². The van der Waals surface area contributed by atoms with Crippen LogP contribution in [0.15, 0.2) is 48.7 Å². The van der Waals surface area contributed by atoms with E-state index in [1.54, 1.807) is 18.2 Å². The first kappa shape index (κ1) is 26.6. The summed E-state index contributed by atoms with van der Waals surface area (Å²) in [6.45, 7) is 7.22. The van der Waals surface area contributed by atoms with Crippen molar-refractivity contribution in [1.29, 1.82) is 0 Å². The Morgan fingerprint density at radius 3 is 2.40 bits per heavy atom. The predicted molar refractivity (Wildman–Crippen MR) is 134 cm³/mol. The van der Waals surface area contributed by atoms with Crippen molar-refractivity contribution in [3.8, 4) is 11.1 Å². The number of hydrogen-bond acceptors (Lipinski definition) is 4. The van der Waals surface area contributed by atoms with Crippen LogP contribution in [-0.4, -0.2) is 41.8 Å². The van der Waals surface area contributed by atoms with Crippen molar-refractivity contribution in [2.75, 3.05) is 12.8 Å². The summed E-state index contributed by atoms with van der Waals surface area (Å²) in [5, 5.41) is 9.39. The lowest BCUT2D eigenvalue weighted by Crippen LogP contribution is -2.27. The number of rotatable bonds is 10. The molecule has 35 heavy (non-hydrogen) atoms. The molecule has 0 fully saturated rings. The maximum Gasteiger partial charge on any atom is 0.339 e. The van der Waals surface area contributed by atoms with Gasteiger partial charge in [-0.15, -0.1) is 0 Å². The number of carbonyl (C=O) groups is 1. The third kappa shape index (κ3) is 7.47. The fraction of sp³-hybridized carbons (Fsp3) is 0.385. The standard InChI is InChI=1S/C26H32FN3O4S/c1-26(2,3)16-20-17-28-23(30(20)15-14-29-35(4,33)34)13-10-18-8-11-19(12-9-18)21-6-5-7-22(27)24(21)25(31)32/h5-9,11-12,17,29H,10,13-16H2,1-4H3,(H,31,32). The Hall–Kier alpha value is -3.04. The van der Waals surface area contributed by atoms with Crippen LogP contribution in [0.2, 0.25) is 0 Å². The summed E-state index contributed by atoms with van der Waals surface area (Å²) < 4.78 is 41.6. The molecule has 0 saturated carbocycles. The van der Waals surface area contributed by atoms with Gasteiger partial charge in [-0.25, -0.2) is 27.3 Å². The number of imidazole rings is 1. The summed E-state index contributed by atoms with van der Waals surface area (Å²) in [5.41, 5.74) is 2.78. The van der Waals surface area contributed by atoms with Gasteiger partial charge in [0.15, 0.2) is 0 Å². The van der Waals surface area contributed by atoms with Crippen molar-refractivity contribution in [2.45, 2.75) is 46.6 Å². The average Bonchev–Trinajstić information content (AvgIpc) is 3.11. The predicted octanol–water partition coefficient (Wildman–Crippen LogP) is 4.31. The summed E-state index contributed by atoms with van der Waals surface area (Å²) in [6, 6.07) is 11.6.